The summed E-state index contributed by atoms with van der Waals surface area (Å²) in [4.78, 5) is 0. The van der Waals surface area contributed by atoms with Crippen molar-refractivity contribution in [2.45, 2.75) is 34.1 Å². The second-order valence-corrected chi connectivity index (χ2v) is 6.73. The van der Waals surface area contributed by atoms with E-state index in [0.29, 0.717) is 5.92 Å². The maximum absolute atomic E-state index is 5.74. The Balaban J connectivity index is 1.70. The van der Waals surface area contributed by atoms with Crippen molar-refractivity contribution in [1.29, 1.82) is 0 Å². The smallest absolute Gasteiger partial charge is 0.119 e. The molecule has 2 N–H and O–H groups in total. The molecule has 0 amide bonds. The SMILES string of the molecule is Cc1ccc(NCCNc2ccc(OCCC(C)C)cc2)c(C)c1. The van der Waals surface area contributed by atoms with Crippen LogP contribution in [-0.4, -0.2) is 19.7 Å². The summed E-state index contributed by atoms with van der Waals surface area (Å²) < 4.78 is 5.74. The fraction of sp³-hybridized carbons (Fsp3) is 0.429. The summed E-state index contributed by atoms with van der Waals surface area (Å²) in [6, 6.07) is 14.7. The summed E-state index contributed by atoms with van der Waals surface area (Å²) in [5.41, 5.74) is 4.91. The van der Waals surface area contributed by atoms with Crippen LogP contribution < -0.4 is 15.4 Å². The first kappa shape index (κ1) is 18.2. The highest BCUT2D eigenvalue weighted by atomic mass is 16.5. The highest BCUT2D eigenvalue weighted by molar-refractivity contribution is 5.52. The first-order valence-corrected chi connectivity index (χ1v) is 8.82. The Morgan fingerprint density at radius 2 is 1.62 bits per heavy atom. The Labute approximate surface area is 146 Å². The van der Waals surface area contributed by atoms with Crippen molar-refractivity contribution in [3.05, 3.63) is 53.6 Å². The lowest BCUT2D eigenvalue weighted by Gasteiger charge is -2.12. The van der Waals surface area contributed by atoms with E-state index in [1.165, 1.54) is 16.8 Å². The van der Waals surface area contributed by atoms with Crippen molar-refractivity contribution in [2.24, 2.45) is 5.92 Å². The molecule has 0 unspecified atom stereocenters. The van der Waals surface area contributed by atoms with E-state index in [2.05, 4.69) is 68.7 Å². The van der Waals surface area contributed by atoms with Gasteiger partial charge in [0, 0.05) is 24.5 Å². The van der Waals surface area contributed by atoms with Crippen molar-refractivity contribution in [3.8, 4) is 5.75 Å². The van der Waals surface area contributed by atoms with Gasteiger partial charge in [-0.1, -0.05) is 31.5 Å². The molecular weight excluding hydrogens is 296 g/mol. The number of nitrogens with one attached hydrogen (secondary N) is 2. The summed E-state index contributed by atoms with van der Waals surface area (Å²) >= 11 is 0. The Morgan fingerprint density at radius 3 is 2.29 bits per heavy atom. The zero-order valence-electron chi connectivity index (χ0n) is 15.4. The molecule has 0 heterocycles. The van der Waals surface area contributed by atoms with Gasteiger partial charge in [0.15, 0.2) is 0 Å². The van der Waals surface area contributed by atoms with Crippen LogP contribution in [-0.2, 0) is 0 Å². The first-order valence-electron chi connectivity index (χ1n) is 8.82. The van der Waals surface area contributed by atoms with Gasteiger partial charge in [-0.3, -0.25) is 0 Å². The molecule has 0 saturated heterocycles. The van der Waals surface area contributed by atoms with Gasteiger partial charge >= 0.3 is 0 Å². The van der Waals surface area contributed by atoms with Gasteiger partial charge in [0.1, 0.15) is 5.75 Å². The maximum atomic E-state index is 5.74. The fourth-order valence-corrected chi connectivity index (χ4v) is 2.50. The molecule has 0 aromatic heterocycles. The third-order valence-corrected chi connectivity index (χ3v) is 3.97. The highest BCUT2D eigenvalue weighted by Gasteiger charge is 1.99. The van der Waals surface area contributed by atoms with E-state index in [1.54, 1.807) is 0 Å². The van der Waals surface area contributed by atoms with Gasteiger partial charge < -0.3 is 15.4 Å². The van der Waals surface area contributed by atoms with Crippen molar-refractivity contribution < 1.29 is 4.74 Å². The zero-order valence-corrected chi connectivity index (χ0v) is 15.4. The van der Waals surface area contributed by atoms with Crippen molar-refractivity contribution in [2.75, 3.05) is 30.3 Å². The molecule has 130 valence electrons. The second kappa shape index (κ2) is 9.21. The predicted octanol–water partition coefficient (Wildman–Crippen LogP) is 5.25. The first-order chi connectivity index (χ1) is 11.5. The van der Waals surface area contributed by atoms with Crippen LogP contribution >= 0.6 is 0 Å². The summed E-state index contributed by atoms with van der Waals surface area (Å²) in [5.74, 6) is 1.62. The lowest BCUT2D eigenvalue weighted by atomic mass is 10.1. The number of hydrogen-bond donors (Lipinski definition) is 2. The minimum Gasteiger partial charge on any atom is -0.494 e. The molecule has 0 spiro atoms. The molecule has 0 saturated carbocycles. The minimum absolute atomic E-state index is 0.676. The standard InChI is InChI=1S/C21H30N2O/c1-16(2)11-14-24-20-8-6-19(7-9-20)22-12-13-23-21-10-5-17(3)15-18(21)4/h5-10,15-16,22-23H,11-14H2,1-4H3. The largest absolute Gasteiger partial charge is 0.494 e. The average molecular weight is 326 g/mol. The molecule has 0 fully saturated rings. The molecule has 0 aliphatic rings. The second-order valence-electron chi connectivity index (χ2n) is 6.73. The molecular formula is C21H30N2O. The van der Waals surface area contributed by atoms with Crippen LogP contribution in [0.4, 0.5) is 11.4 Å². The van der Waals surface area contributed by atoms with E-state index < -0.39 is 0 Å². The molecule has 0 bridgehead atoms. The van der Waals surface area contributed by atoms with Crippen LogP contribution in [0.5, 0.6) is 5.75 Å². The molecule has 2 aromatic rings. The number of benzene rings is 2. The Bertz CT molecular complexity index is 620. The van der Waals surface area contributed by atoms with Crippen LogP contribution in [0.2, 0.25) is 0 Å². The lowest BCUT2D eigenvalue weighted by Crippen LogP contribution is -2.14. The van der Waals surface area contributed by atoms with Gasteiger partial charge in [-0.15, -0.1) is 0 Å². The predicted molar refractivity (Wildman–Crippen MR) is 104 cm³/mol. The van der Waals surface area contributed by atoms with E-state index in [-0.39, 0.29) is 0 Å². The molecule has 2 rings (SSSR count). The minimum atomic E-state index is 0.676. The number of aryl methyl sites for hydroxylation is 2. The lowest BCUT2D eigenvalue weighted by molar-refractivity contribution is 0.289. The highest BCUT2D eigenvalue weighted by Crippen LogP contribution is 2.17. The molecule has 24 heavy (non-hydrogen) atoms. The molecule has 2 aromatic carbocycles. The van der Waals surface area contributed by atoms with Gasteiger partial charge in [-0.05, 0) is 62.1 Å². The quantitative estimate of drug-likeness (QED) is 0.617. The number of ether oxygens (including phenoxy) is 1. The van der Waals surface area contributed by atoms with E-state index >= 15 is 0 Å². The maximum Gasteiger partial charge on any atom is 0.119 e. The summed E-state index contributed by atoms with van der Waals surface area (Å²) in [6.45, 7) is 11.2. The Kier molecular flexibility index (Phi) is 6.98. The van der Waals surface area contributed by atoms with Gasteiger partial charge in [-0.25, -0.2) is 0 Å². The topological polar surface area (TPSA) is 33.3 Å². The summed E-state index contributed by atoms with van der Waals surface area (Å²) in [5, 5.41) is 6.90. The van der Waals surface area contributed by atoms with Crippen LogP contribution in [0, 0.1) is 19.8 Å². The van der Waals surface area contributed by atoms with Crippen molar-refractivity contribution in [1.82, 2.24) is 0 Å². The van der Waals surface area contributed by atoms with E-state index in [9.17, 15) is 0 Å². The number of rotatable bonds is 9. The van der Waals surface area contributed by atoms with E-state index in [0.717, 1.165) is 37.6 Å². The molecule has 0 atom stereocenters. The monoisotopic (exact) mass is 326 g/mol. The Morgan fingerprint density at radius 1 is 0.917 bits per heavy atom. The van der Waals surface area contributed by atoms with Gasteiger partial charge in [-0.2, -0.15) is 0 Å². The van der Waals surface area contributed by atoms with E-state index in [4.69, 9.17) is 4.74 Å². The van der Waals surface area contributed by atoms with E-state index in [1.807, 2.05) is 12.1 Å². The summed E-state index contributed by atoms with van der Waals surface area (Å²) in [6.07, 6.45) is 1.09. The average Bonchev–Trinajstić information content (AvgIpc) is 2.54. The van der Waals surface area contributed by atoms with Crippen molar-refractivity contribution in [3.63, 3.8) is 0 Å². The Hall–Kier alpha value is -2.16. The zero-order chi connectivity index (χ0) is 17.4. The van der Waals surface area contributed by atoms with Crippen molar-refractivity contribution >= 4 is 11.4 Å². The molecule has 0 aliphatic heterocycles. The normalized spacial score (nSPS) is 10.7. The number of anilines is 2. The molecule has 0 radical (unpaired) electrons. The fourth-order valence-electron chi connectivity index (χ4n) is 2.50. The third kappa shape index (κ3) is 6.15. The molecule has 3 nitrogen and oxygen atoms in total. The third-order valence-electron chi connectivity index (χ3n) is 3.97. The number of hydrogen-bond acceptors (Lipinski definition) is 3. The van der Waals surface area contributed by atoms with Crippen LogP contribution in [0.1, 0.15) is 31.4 Å². The van der Waals surface area contributed by atoms with Gasteiger partial charge in [0.05, 0.1) is 6.61 Å². The van der Waals surface area contributed by atoms with Crippen LogP contribution in [0.3, 0.4) is 0 Å². The van der Waals surface area contributed by atoms with Gasteiger partial charge in [0.2, 0.25) is 0 Å². The van der Waals surface area contributed by atoms with Crippen LogP contribution in [0.15, 0.2) is 42.5 Å². The summed E-state index contributed by atoms with van der Waals surface area (Å²) in [7, 11) is 0. The molecule has 3 heteroatoms. The van der Waals surface area contributed by atoms with Crippen LogP contribution in [0.25, 0.3) is 0 Å². The molecule has 0 aliphatic carbocycles. The van der Waals surface area contributed by atoms with Gasteiger partial charge in [0.25, 0.3) is 0 Å².